The van der Waals surface area contributed by atoms with Gasteiger partial charge in [0.2, 0.25) is 5.75 Å². The van der Waals surface area contributed by atoms with Crippen LogP contribution in [0.25, 0.3) is 6.08 Å². The predicted octanol–water partition coefficient (Wildman–Crippen LogP) is 2.75. The van der Waals surface area contributed by atoms with Crippen molar-refractivity contribution in [1.29, 1.82) is 0 Å². The van der Waals surface area contributed by atoms with E-state index in [4.69, 9.17) is 14.2 Å². The second-order valence-corrected chi connectivity index (χ2v) is 2.96. The highest BCUT2D eigenvalue weighted by Gasteiger charge is 2.11. The van der Waals surface area contributed by atoms with Crippen LogP contribution >= 0.6 is 0 Å². The van der Waals surface area contributed by atoms with Crippen LogP contribution in [-0.4, -0.2) is 21.3 Å². The van der Waals surface area contributed by atoms with Crippen LogP contribution in [0.1, 0.15) is 12.5 Å². The van der Waals surface area contributed by atoms with Crippen LogP contribution in [0.2, 0.25) is 0 Å². The lowest BCUT2D eigenvalue weighted by atomic mass is 10.1. The van der Waals surface area contributed by atoms with Crippen molar-refractivity contribution < 1.29 is 14.2 Å². The number of hydrogen-bond acceptors (Lipinski definition) is 3. The zero-order valence-electron chi connectivity index (χ0n) is 9.53. The molecular formula is C12H16O3. The van der Waals surface area contributed by atoms with Gasteiger partial charge in [-0.05, 0) is 24.6 Å². The Balaban J connectivity index is 3.28. The van der Waals surface area contributed by atoms with Crippen molar-refractivity contribution in [3.8, 4) is 17.2 Å². The average Bonchev–Trinajstić information content (AvgIpc) is 2.28. The molecule has 0 fully saturated rings. The first-order valence-corrected chi connectivity index (χ1v) is 4.69. The summed E-state index contributed by atoms with van der Waals surface area (Å²) in [5.74, 6) is 1.96. The quantitative estimate of drug-likeness (QED) is 0.761. The highest BCUT2D eigenvalue weighted by Crippen LogP contribution is 2.38. The number of ether oxygens (including phenoxy) is 3. The van der Waals surface area contributed by atoms with E-state index in [1.54, 1.807) is 21.3 Å². The maximum absolute atomic E-state index is 5.23. The van der Waals surface area contributed by atoms with Gasteiger partial charge >= 0.3 is 0 Å². The highest BCUT2D eigenvalue weighted by atomic mass is 16.5. The zero-order valence-corrected chi connectivity index (χ0v) is 9.53. The fourth-order valence-corrected chi connectivity index (χ4v) is 1.39. The van der Waals surface area contributed by atoms with Gasteiger partial charge in [0.25, 0.3) is 0 Å². The molecule has 0 spiro atoms. The molecule has 3 heteroatoms. The predicted molar refractivity (Wildman–Crippen MR) is 60.8 cm³/mol. The van der Waals surface area contributed by atoms with Gasteiger partial charge in [0.15, 0.2) is 11.5 Å². The average molecular weight is 208 g/mol. The van der Waals surface area contributed by atoms with Crippen LogP contribution in [0.15, 0.2) is 18.2 Å². The molecule has 15 heavy (non-hydrogen) atoms. The zero-order chi connectivity index (χ0) is 11.3. The molecule has 1 aromatic rings. The van der Waals surface area contributed by atoms with Crippen LogP contribution in [0, 0.1) is 0 Å². The summed E-state index contributed by atoms with van der Waals surface area (Å²) in [5, 5.41) is 0. The molecular weight excluding hydrogens is 192 g/mol. The van der Waals surface area contributed by atoms with E-state index in [1.165, 1.54) is 0 Å². The topological polar surface area (TPSA) is 27.7 Å². The van der Waals surface area contributed by atoms with E-state index in [1.807, 2.05) is 31.2 Å². The first-order chi connectivity index (χ1) is 7.26. The summed E-state index contributed by atoms with van der Waals surface area (Å²) in [6.45, 7) is 1.96. The molecule has 3 nitrogen and oxygen atoms in total. The first kappa shape index (κ1) is 11.4. The molecule has 0 bridgehead atoms. The maximum atomic E-state index is 5.23. The third-order valence-corrected chi connectivity index (χ3v) is 2.05. The van der Waals surface area contributed by atoms with Crippen LogP contribution < -0.4 is 14.2 Å². The molecule has 82 valence electrons. The largest absolute Gasteiger partial charge is 0.493 e. The van der Waals surface area contributed by atoms with Crippen molar-refractivity contribution in [2.75, 3.05) is 21.3 Å². The molecule has 0 radical (unpaired) electrons. The summed E-state index contributed by atoms with van der Waals surface area (Å²) in [7, 11) is 4.81. The molecule has 0 heterocycles. The Hall–Kier alpha value is -1.64. The Bertz CT molecular complexity index is 331. The van der Waals surface area contributed by atoms with Gasteiger partial charge < -0.3 is 14.2 Å². The van der Waals surface area contributed by atoms with E-state index in [0.29, 0.717) is 17.2 Å². The van der Waals surface area contributed by atoms with Crippen molar-refractivity contribution in [1.82, 2.24) is 0 Å². The number of hydrogen-bond donors (Lipinski definition) is 0. The first-order valence-electron chi connectivity index (χ1n) is 4.69. The van der Waals surface area contributed by atoms with Gasteiger partial charge in [-0.2, -0.15) is 0 Å². The molecule has 0 unspecified atom stereocenters. The van der Waals surface area contributed by atoms with E-state index in [0.717, 1.165) is 5.56 Å². The molecule has 1 rings (SSSR count). The highest BCUT2D eigenvalue weighted by molar-refractivity contribution is 5.61. The maximum Gasteiger partial charge on any atom is 0.203 e. The minimum Gasteiger partial charge on any atom is -0.493 e. The van der Waals surface area contributed by atoms with Crippen molar-refractivity contribution in [3.05, 3.63) is 23.8 Å². The molecule has 0 amide bonds. The van der Waals surface area contributed by atoms with Gasteiger partial charge in [-0.25, -0.2) is 0 Å². The fraction of sp³-hybridized carbons (Fsp3) is 0.333. The SMILES string of the molecule is C/C=C\c1cc(OC)c(OC)c(OC)c1. The number of allylic oxidation sites excluding steroid dienone is 1. The summed E-state index contributed by atoms with van der Waals surface area (Å²) >= 11 is 0. The normalized spacial score (nSPS) is 10.4. The molecule has 1 aromatic carbocycles. The summed E-state index contributed by atoms with van der Waals surface area (Å²) in [6.07, 6.45) is 3.94. The monoisotopic (exact) mass is 208 g/mol. The van der Waals surface area contributed by atoms with Crippen LogP contribution in [-0.2, 0) is 0 Å². The Morgan fingerprint density at radius 3 is 1.80 bits per heavy atom. The number of benzene rings is 1. The van der Waals surface area contributed by atoms with Crippen LogP contribution in [0.5, 0.6) is 17.2 Å². The molecule has 0 atom stereocenters. The van der Waals surface area contributed by atoms with E-state index >= 15 is 0 Å². The van der Waals surface area contributed by atoms with Crippen molar-refractivity contribution in [2.24, 2.45) is 0 Å². The van der Waals surface area contributed by atoms with Gasteiger partial charge in [0.05, 0.1) is 21.3 Å². The second-order valence-electron chi connectivity index (χ2n) is 2.96. The summed E-state index contributed by atoms with van der Waals surface area (Å²) in [6, 6.07) is 3.81. The summed E-state index contributed by atoms with van der Waals surface area (Å²) in [4.78, 5) is 0. The molecule has 0 aromatic heterocycles. The minimum absolute atomic E-state index is 0.619. The van der Waals surface area contributed by atoms with Crippen LogP contribution in [0.4, 0.5) is 0 Å². The van der Waals surface area contributed by atoms with Crippen molar-refractivity contribution in [2.45, 2.75) is 6.92 Å². The Labute approximate surface area is 90.3 Å². The van der Waals surface area contributed by atoms with Crippen molar-refractivity contribution in [3.63, 3.8) is 0 Å². The van der Waals surface area contributed by atoms with Gasteiger partial charge in [-0.15, -0.1) is 0 Å². The van der Waals surface area contributed by atoms with Gasteiger partial charge in [0.1, 0.15) is 0 Å². The van der Waals surface area contributed by atoms with E-state index in [2.05, 4.69) is 0 Å². The fourth-order valence-electron chi connectivity index (χ4n) is 1.39. The van der Waals surface area contributed by atoms with Crippen molar-refractivity contribution >= 4 is 6.08 Å². The summed E-state index contributed by atoms with van der Waals surface area (Å²) < 4.78 is 15.7. The lowest BCUT2D eigenvalue weighted by Gasteiger charge is -2.12. The number of rotatable bonds is 4. The molecule has 0 N–H and O–H groups in total. The molecule has 0 aliphatic rings. The van der Waals surface area contributed by atoms with Crippen LogP contribution in [0.3, 0.4) is 0 Å². The smallest absolute Gasteiger partial charge is 0.203 e. The third kappa shape index (κ3) is 2.43. The molecule has 0 aliphatic heterocycles. The third-order valence-electron chi connectivity index (χ3n) is 2.05. The standard InChI is InChI=1S/C12H16O3/c1-5-6-9-7-10(13-2)12(15-4)11(8-9)14-3/h5-8H,1-4H3/b6-5-. The van der Waals surface area contributed by atoms with Gasteiger partial charge in [-0.1, -0.05) is 12.2 Å². The minimum atomic E-state index is 0.619. The second kappa shape index (κ2) is 5.29. The Kier molecular flexibility index (Phi) is 4.03. The van der Waals surface area contributed by atoms with Gasteiger partial charge in [-0.3, -0.25) is 0 Å². The molecule has 0 saturated carbocycles. The lowest BCUT2D eigenvalue weighted by molar-refractivity contribution is 0.324. The van der Waals surface area contributed by atoms with E-state index in [-0.39, 0.29) is 0 Å². The van der Waals surface area contributed by atoms with E-state index < -0.39 is 0 Å². The van der Waals surface area contributed by atoms with E-state index in [9.17, 15) is 0 Å². The summed E-state index contributed by atoms with van der Waals surface area (Å²) in [5.41, 5.74) is 1.02. The lowest BCUT2D eigenvalue weighted by Crippen LogP contribution is -1.95. The number of methoxy groups -OCH3 is 3. The van der Waals surface area contributed by atoms with Gasteiger partial charge in [0, 0.05) is 0 Å². The Morgan fingerprint density at radius 2 is 1.47 bits per heavy atom. The molecule has 0 aliphatic carbocycles. The molecule has 0 saturated heterocycles. The Morgan fingerprint density at radius 1 is 0.933 bits per heavy atom.